The van der Waals surface area contributed by atoms with Crippen LogP contribution in [0.25, 0.3) is 17.0 Å². The Morgan fingerprint density at radius 2 is 1.92 bits per heavy atom. The fraction of sp³-hybridized carbons (Fsp3) is 0.143. The highest BCUT2D eigenvalue weighted by atomic mass is 16.5. The van der Waals surface area contributed by atoms with Crippen LogP contribution in [0.1, 0.15) is 27.9 Å². The van der Waals surface area contributed by atoms with Crippen LogP contribution in [0.3, 0.4) is 0 Å². The molecule has 0 saturated carbocycles. The number of carbonyl (C=O) groups is 2. The smallest absolute Gasteiger partial charge is 0.407 e. The number of ether oxygens (including phenoxy) is 1. The van der Waals surface area contributed by atoms with E-state index < -0.39 is 6.09 Å². The number of aromatic nitrogens is 1. The van der Waals surface area contributed by atoms with Crippen LogP contribution in [0, 0.1) is 0 Å². The molecule has 2 N–H and O–H groups in total. The van der Waals surface area contributed by atoms with Gasteiger partial charge in [0.05, 0.1) is 0 Å². The second kappa shape index (κ2) is 8.67. The number of H-pyrrole nitrogens is 1. The van der Waals surface area contributed by atoms with E-state index in [1.807, 2.05) is 60.7 Å². The van der Waals surface area contributed by atoms with Gasteiger partial charge < -0.3 is 15.0 Å². The van der Waals surface area contributed by atoms with Gasteiger partial charge in [0.1, 0.15) is 6.61 Å². The number of aromatic amines is 1. The Labute approximate surface area is 151 Å². The summed E-state index contributed by atoms with van der Waals surface area (Å²) in [4.78, 5) is 25.9. The Hall–Kier alpha value is -3.34. The molecule has 5 heteroatoms. The molecular formula is C21H20N2O3. The maximum Gasteiger partial charge on any atom is 0.407 e. The minimum Gasteiger partial charge on any atom is -0.445 e. The van der Waals surface area contributed by atoms with E-state index in [1.165, 1.54) is 0 Å². The van der Waals surface area contributed by atoms with Gasteiger partial charge in [0.25, 0.3) is 0 Å². The van der Waals surface area contributed by atoms with Crippen molar-refractivity contribution >= 4 is 29.4 Å². The number of aldehydes is 1. The van der Waals surface area contributed by atoms with Gasteiger partial charge in [-0.25, -0.2) is 4.79 Å². The van der Waals surface area contributed by atoms with Gasteiger partial charge in [0.15, 0.2) is 6.29 Å². The summed E-state index contributed by atoms with van der Waals surface area (Å²) in [7, 11) is 0. The summed E-state index contributed by atoms with van der Waals surface area (Å²) in [6.07, 6.45) is 6.71. The molecule has 2 aromatic carbocycles. The molecule has 0 fully saturated rings. The lowest BCUT2D eigenvalue weighted by molar-refractivity contribution is 0.112. The topological polar surface area (TPSA) is 71.2 Å². The van der Waals surface area contributed by atoms with Crippen molar-refractivity contribution in [1.82, 2.24) is 10.3 Å². The van der Waals surface area contributed by atoms with Gasteiger partial charge in [-0.1, -0.05) is 54.6 Å². The van der Waals surface area contributed by atoms with Crippen molar-refractivity contribution in [1.29, 1.82) is 0 Å². The summed E-state index contributed by atoms with van der Waals surface area (Å²) >= 11 is 0. The monoisotopic (exact) mass is 348 g/mol. The van der Waals surface area contributed by atoms with Crippen molar-refractivity contribution in [2.24, 2.45) is 0 Å². The van der Waals surface area contributed by atoms with Crippen LogP contribution in [0.4, 0.5) is 4.79 Å². The lowest BCUT2D eigenvalue weighted by atomic mass is 10.1. The second-order valence-electron chi connectivity index (χ2n) is 5.81. The third-order valence-corrected chi connectivity index (χ3v) is 3.99. The highest BCUT2D eigenvalue weighted by Crippen LogP contribution is 2.22. The summed E-state index contributed by atoms with van der Waals surface area (Å²) in [5, 5.41) is 3.63. The molecule has 0 bridgehead atoms. The van der Waals surface area contributed by atoms with Gasteiger partial charge in [-0.3, -0.25) is 4.79 Å². The van der Waals surface area contributed by atoms with E-state index in [-0.39, 0.29) is 6.61 Å². The third-order valence-electron chi connectivity index (χ3n) is 3.99. The van der Waals surface area contributed by atoms with Crippen LogP contribution < -0.4 is 5.32 Å². The SMILES string of the molecule is O=Cc1c[nH]c2cccc(C=CCCNC(=O)OCc3ccccc3)c12. The van der Waals surface area contributed by atoms with Gasteiger partial charge >= 0.3 is 6.09 Å². The van der Waals surface area contributed by atoms with Crippen LogP contribution in [0.15, 0.2) is 60.8 Å². The summed E-state index contributed by atoms with van der Waals surface area (Å²) in [6, 6.07) is 15.4. The van der Waals surface area contributed by atoms with Crippen LogP contribution in [0.2, 0.25) is 0 Å². The fourth-order valence-corrected chi connectivity index (χ4v) is 2.71. The number of hydrogen-bond donors (Lipinski definition) is 2. The molecule has 3 aromatic rings. The van der Waals surface area contributed by atoms with Crippen molar-refractivity contribution < 1.29 is 14.3 Å². The Bertz CT molecular complexity index is 913. The lowest BCUT2D eigenvalue weighted by Gasteiger charge is -2.06. The normalized spacial score (nSPS) is 10.9. The molecule has 1 aromatic heterocycles. The molecule has 0 unspecified atom stereocenters. The zero-order chi connectivity index (χ0) is 18.2. The van der Waals surface area contributed by atoms with Crippen LogP contribution in [-0.4, -0.2) is 23.9 Å². The molecule has 0 radical (unpaired) electrons. The summed E-state index contributed by atoms with van der Waals surface area (Å²) < 4.78 is 5.15. The fourth-order valence-electron chi connectivity index (χ4n) is 2.71. The first-order valence-electron chi connectivity index (χ1n) is 8.44. The number of hydrogen-bond acceptors (Lipinski definition) is 3. The van der Waals surface area contributed by atoms with Crippen molar-refractivity contribution in [2.75, 3.05) is 6.54 Å². The summed E-state index contributed by atoms with van der Waals surface area (Å²) in [6.45, 7) is 0.736. The predicted molar refractivity (Wildman–Crippen MR) is 102 cm³/mol. The highest BCUT2D eigenvalue weighted by molar-refractivity contribution is 6.01. The standard InChI is InChI=1S/C21H20N2O3/c24-14-18-13-23-19-11-6-10-17(20(18)19)9-4-5-12-22-21(25)26-15-16-7-2-1-3-8-16/h1-4,6-11,13-14,23H,5,12,15H2,(H,22,25). The molecule has 132 valence electrons. The van der Waals surface area contributed by atoms with Crippen LogP contribution in [0.5, 0.6) is 0 Å². The van der Waals surface area contributed by atoms with Crippen LogP contribution >= 0.6 is 0 Å². The molecule has 26 heavy (non-hydrogen) atoms. The number of benzene rings is 2. The summed E-state index contributed by atoms with van der Waals surface area (Å²) in [5.74, 6) is 0. The van der Waals surface area contributed by atoms with Gasteiger partial charge in [0, 0.05) is 29.2 Å². The van der Waals surface area contributed by atoms with Gasteiger partial charge in [-0.2, -0.15) is 0 Å². The van der Waals surface area contributed by atoms with Crippen molar-refractivity contribution in [3.63, 3.8) is 0 Å². The third kappa shape index (κ3) is 4.39. The van der Waals surface area contributed by atoms with Gasteiger partial charge in [-0.15, -0.1) is 0 Å². The number of alkyl carbamates (subject to hydrolysis) is 1. The first kappa shape index (κ1) is 17.5. The van der Waals surface area contributed by atoms with E-state index in [0.29, 0.717) is 18.5 Å². The van der Waals surface area contributed by atoms with Gasteiger partial charge in [0.2, 0.25) is 0 Å². The Kier molecular flexibility index (Phi) is 5.83. The van der Waals surface area contributed by atoms with Crippen molar-refractivity contribution in [3.8, 4) is 0 Å². The van der Waals surface area contributed by atoms with E-state index in [2.05, 4.69) is 10.3 Å². The van der Waals surface area contributed by atoms with Crippen molar-refractivity contribution in [3.05, 3.63) is 77.5 Å². The molecule has 0 saturated heterocycles. The minimum atomic E-state index is -0.432. The molecular weight excluding hydrogens is 328 g/mol. The van der Waals surface area contributed by atoms with Crippen molar-refractivity contribution in [2.45, 2.75) is 13.0 Å². The van der Waals surface area contributed by atoms with E-state index in [4.69, 9.17) is 4.74 Å². The Balaban J connectivity index is 1.47. The highest BCUT2D eigenvalue weighted by Gasteiger charge is 2.05. The number of carbonyl (C=O) groups excluding carboxylic acids is 2. The number of amides is 1. The first-order valence-corrected chi connectivity index (χ1v) is 8.44. The van der Waals surface area contributed by atoms with E-state index in [9.17, 15) is 9.59 Å². The second-order valence-corrected chi connectivity index (χ2v) is 5.81. The number of nitrogens with one attached hydrogen (secondary N) is 2. The minimum absolute atomic E-state index is 0.256. The first-order chi connectivity index (χ1) is 12.8. The van der Waals surface area contributed by atoms with E-state index in [0.717, 1.165) is 28.3 Å². The molecule has 0 aliphatic heterocycles. The molecule has 0 aliphatic rings. The maximum atomic E-state index is 11.7. The zero-order valence-electron chi connectivity index (χ0n) is 14.3. The molecule has 3 rings (SSSR count). The molecule has 0 atom stereocenters. The average Bonchev–Trinajstić information content (AvgIpc) is 3.11. The van der Waals surface area contributed by atoms with Gasteiger partial charge in [-0.05, 0) is 23.6 Å². The Morgan fingerprint density at radius 1 is 1.08 bits per heavy atom. The molecule has 5 nitrogen and oxygen atoms in total. The van der Waals surface area contributed by atoms with E-state index >= 15 is 0 Å². The average molecular weight is 348 g/mol. The number of fused-ring (bicyclic) bond motifs is 1. The predicted octanol–water partition coefficient (Wildman–Crippen LogP) is 4.31. The quantitative estimate of drug-likeness (QED) is 0.494. The summed E-state index contributed by atoms with van der Waals surface area (Å²) in [5.41, 5.74) is 3.49. The lowest BCUT2D eigenvalue weighted by Crippen LogP contribution is -2.24. The largest absolute Gasteiger partial charge is 0.445 e. The molecule has 1 amide bonds. The van der Waals surface area contributed by atoms with Crippen LogP contribution in [-0.2, 0) is 11.3 Å². The zero-order valence-corrected chi connectivity index (χ0v) is 14.3. The molecule has 1 heterocycles. The maximum absolute atomic E-state index is 11.7. The molecule has 0 aliphatic carbocycles. The molecule has 0 spiro atoms. The van der Waals surface area contributed by atoms with E-state index in [1.54, 1.807) is 6.20 Å². The Morgan fingerprint density at radius 3 is 2.73 bits per heavy atom. The number of rotatable bonds is 7.